The molecule has 1 aromatic heterocycles. The lowest BCUT2D eigenvalue weighted by molar-refractivity contribution is 0.0952. The Labute approximate surface area is 127 Å². The predicted octanol–water partition coefficient (Wildman–Crippen LogP) is 3.72. The van der Waals surface area contributed by atoms with Crippen LogP contribution in [-0.4, -0.2) is 5.91 Å². The highest BCUT2D eigenvalue weighted by molar-refractivity contribution is 7.10. The molecule has 21 heavy (non-hydrogen) atoms. The molecule has 3 rings (SSSR count). The zero-order valence-electron chi connectivity index (χ0n) is 11.7. The molecule has 1 heterocycles. The first kappa shape index (κ1) is 13.6. The number of benzene rings is 2. The fraction of sp³-hybridized carbons (Fsp3) is 0.118. The summed E-state index contributed by atoms with van der Waals surface area (Å²) in [4.78, 5) is 13.5. The SMILES string of the molecule is Cc1ccsc1CNC(=O)c1cc2ccccc2cc1N. The van der Waals surface area contributed by atoms with Crippen LogP contribution in [0.15, 0.2) is 47.8 Å². The van der Waals surface area contributed by atoms with Crippen LogP contribution in [-0.2, 0) is 6.54 Å². The number of hydrogen-bond acceptors (Lipinski definition) is 3. The molecular formula is C17H16N2OS. The van der Waals surface area contributed by atoms with E-state index in [9.17, 15) is 4.79 Å². The van der Waals surface area contributed by atoms with Gasteiger partial charge < -0.3 is 11.1 Å². The number of hydrogen-bond donors (Lipinski definition) is 2. The Morgan fingerprint density at radius 3 is 2.57 bits per heavy atom. The molecular weight excluding hydrogens is 280 g/mol. The van der Waals surface area contributed by atoms with Crippen LogP contribution in [0.2, 0.25) is 0 Å². The van der Waals surface area contributed by atoms with E-state index in [0.717, 1.165) is 10.8 Å². The maximum absolute atomic E-state index is 12.3. The van der Waals surface area contributed by atoms with Crippen LogP contribution in [0.25, 0.3) is 10.8 Å². The number of carbonyl (C=O) groups is 1. The summed E-state index contributed by atoms with van der Waals surface area (Å²) in [5.41, 5.74) is 8.25. The molecule has 0 fully saturated rings. The van der Waals surface area contributed by atoms with E-state index in [4.69, 9.17) is 5.73 Å². The van der Waals surface area contributed by atoms with Crippen molar-refractivity contribution in [3.8, 4) is 0 Å². The summed E-state index contributed by atoms with van der Waals surface area (Å²) >= 11 is 1.65. The van der Waals surface area contributed by atoms with Crippen molar-refractivity contribution in [1.82, 2.24) is 5.32 Å². The molecule has 0 spiro atoms. The first-order valence-electron chi connectivity index (χ1n) is 6.74. The second-order valence-electron chi connectivity index (χ2n) is 5.00. The molecule has 0 radical (unpaired) electrons. The third-order valence-electron chi connectivity index (χ3n) is 3.54. The molecule has 3 N–H and O–H groups in total. The molecule has 106 valence electrons. The molecule has 2 aromatic carbocycles. The van der Waals surface area contributed by atoms with Crippen molar-refractivity contribution in [2.24, 2.45) is 0 Å². The third-order valence-corrected chi connectivity index (χ3v) is 4.56. The zero-order valence-corrected chi connectivity index (χ0v) is 12.5. The minimum atomic E-state index is -0.133. The minimum Gasteiger partial charge on any atom is -0.398 e. The minimum absolute atomic E-state index is 0.133. The topological polar surface area (TPSA) is 55.1 Å². The molecule has 0 aliphatic carbocycles. The highest BCUT2D eigenvalue weighted by atomic mass is 32.1. The van der Waals surface area contributed by atoms with E-state index in [0.29, 0.717) is 17.8 Å². The Balaban J connectivity index is 1.84. The Hall–Kier alpha value is -2.33. The van der Waals surface area contributed by atoms with E-state index in [1.165, 1.54) is 10.4 Å². The molecule has 0 saturated carbocycles. The van der Waals surface area contributed by atoms with Gasteiger partial charge in [0.2, 0.25) is 0 Å². The standard InChI is InChI=1S/C17H16N2OS/c1-11-6-7-21-16(11)10-19-17(20)14-8-12-4-2-3-5-13(12)9-15(14)18/h2-9H,10,18H2,1H3,(H,19,20). The number of nitrogens with two attached hydrogens (primary N) is 1. The van der Waals surface area contributed by atoms with Crippen LogP contribution in [0.5, 0.6) is 0 Å². The lowest BCUT2D eigenvalue weighted by Gasteiger charge is -2.09. The van der Waals surface area contributed by atoms with Gasteiger partial charge in [-0.1, -0.05) is 24.3 Å². The molecule has 1 amide bonds. The van der Waals surface area contributed by atoms with Gasteiger partial charge in [-0.3, -0.25) is 4.79 Å². The number of rotatable bonds is 3. The lowest BCUT2D eigenvalue weighted by atomic mass is 10.0. The number of fused-ring (bicyclic) bond motifs is 1. The quantitative estimate of drug-likeness (QED) is 0.724. The fourth-order valence-electron chi connectivity index (χ4n) is 2.30. The van der Waals surface area contributed by atoms with Crippen LogP contribution >= 0.6 is 11.3 Å². The van der Waals surface area contributed by atoms with Crippen molar-refractivity contribution < 1.29 is 4.79 Å². The first-order chi connectivity index (χ1) is 10.1. The number of amides is 1. The molecule has 3 aromatic rings. The van der Waals surface area contributed by atoms with Crippen molar-refractivity contribution in [2.45, 2.75) is 13.5 Å². The number of anilines is 1. The zero-order chi connectivity index (χ0) is 14.8. The summed E-state index contributed by atoms with van der Waals surface area (Å²) in [6.07, 6.45) is 0. The Bertz CT molecular complexity index is 807. The van der Waals surface area contributed by atoms with Crippen molar-refractivity contribution >= 4 is 33.7 Å². The molecule has 0 saturated heterocycles. The number of aryl methyl sites for hydroxylation is 1. The number of thiophene rings is 1. The van der Waals surface area contributed by atoms with Crippen LogP contribution < -0.4 is 11.1 Å². The van der Waals surface area contributed by atoms with Gasteiger partial charge in [-0.05, 0) is 46.8 Å². The molecule has 0 unspecified atom stereocenters. The Morgan fingerprint density at radius 1 is 1.19 bits per heavy atom. The van der Waals surface area contributed by atoms with E-state index in [1.54, 1.807) is 11.3 Å². The summed E-state index contributed by atoms with van der Waals surface area (Å²) < 4.78 is 0. The molecule has 4 heteroatoms. The van der Waals surface area contributed by atoms with E-state index in [2.05, 4.69) is 11.4 Å². The number of nitrogen functional groups attached to an aromatic ring is 1. The van der Waals surface area contributed by atoms with Crippen LogP contribution in [0.1, 0.15) is 20.8 Å². The summed E-state index contributed by atoms with van der Waals surface area (Å²) in [6.45, 7) is 2.58. The van der Waals surface area contributed by atoms with Gasteiger partial charge in [-0.25, -0.2) is 0 Å². The summed E-state index contributed by atoms with van der Waals surface area (Å²) in [5.74, 6) is -0.133. The highest BCUT2D eigenvalue weighted by Crippen LogP contribution is 2.22. The predicted molar refractivity (Wildman–Crippen MR) is 88.6 cm³/mol. The van der Waals surface area contributed by atoms with Gasteiger partial charge in [-0.15, -0.1) is 11.3 Å². The molecule has 0 aliphatic heterocycles. The second-order valence-corrected chi connectivity index (χ2v) is 6.00. The largest absolute Gasteiger partial charge is 0.398 e. The Morgan fingerprint density at radius 2 is 1.90 bits per heavy atom. The average molecular weight is 296 g/mol. The summed E-state index contributed by atoms with van der Waals surface area (Å²) in [7, 11) is 0. The molecule has 3 nitrogen and oxygen atoms in total. The summed E-state index contributed by atoms with van der Waals surface area (Å²) in [6, 6.07) is 13.6. The van der Waals surface area contributed by atoms with E-state index >= 15 is 0 Å². The highest BCUT2D eigenvalue weighted by Gasteiger charge is 2.11. The van der Waals surface area contributed by atoms with Gasteiger partial charge in [0.25, 0.3) is 5.91 Å². The number of nitrogens with one attached hydrogen (secondary N) is 1. The molecule has 0 atom stereocenters. The smallest absolute Gasteiger partial charge is 0.253 e. The van der Waals surface area contributed by atoms with Gasteiger partial charge in [0.1, 0.15) is 0 Å². The van der Waals surface area contributed by atoms with E-state index in [-0.39, 0.29) is 5.91 Å². The van der Waals surface area contributed by atoms with Crippen LogP contribution in [0, 0.1) is 6.92 Å². The summed E-state index contributed by atoms with van der Waals surface area (Å²) in [5, 5.41) is 7.03. The first-order valence-corrected chi connectivity index (χ1v) is 7.62. The van der Waals surface area contributed by atoms with E-state index in [1.807, 2.05) is 48.7 Å². The van der Waals surface area contributed by atoms with Crippen molar-refractivity contribution in [3.05, 3.63) is 63.8 Å². The van der Waals surface area contributed by atoms with Crippen molar-refractivity contribution in [2.75, 3.05) is 5.73 Å². The average Bonchev–Trinajstić information content (AvgIpc) is 2.89. The lowest BCUT2D eigenvalue weighted by Crippen LogP contribution is -2.23. The van der Waals surface area contributed by atoms with Crippen LogP contribution in [0.3, 0.4) is 0 Å². The molecule has 0 bridgehead atoms. The van der Waals surface area contributed by atoms with Crippen LogP contribution in [0.4, 0.5) is 5.69 Å². The van der Waals surface area contributed by atoms with Gasteiger partial charge in [0.15, 0.2) is 0 Å². The van der Waals surface area contributed by atoms with Gasteiger partial charge in [0.05, 0.1) is 12.1 Å². The normalized spacial score (nSPS) is 10.7. The third kappa shape index (κ3) is 2.76. The second kappa shape index (κ2) is 5.58. The van der Waals surface area contributed by atoms with Crippen molar-refractivity contribution in [3.63, 3.8) is 0 Å². The number of carbonyl (C=O) groups excluding carboxylic acids is 1. The fourth-order valence-corrected chi connectivity index (χ4v) is 3.14. The monoisotopic (exact) mass is 296 g/mol. The maximum atomic E-state index is 12.3. The Kier molecular flexibility index (Phi) is 3.62. The maximum Gasteiger partial charge on any atom is 0.253 e. The van der Waals surface area contributed by atoms with Gasteiger partial charge >= 0.3 is 0 Å². The molecule has 0 aliphatic rings. The van der Waals surface area contributed by atoms with E-state index < -0.39 is 0 Å². The van der Waals surface area contributed by atoms with Gasteiger partial charge in [0, 0.05) is 10.6 Å². The van der Waals surface area contributed by atoms with Crippen molar-refractivity contribution in [1.29, 1.82) is 0 Å². The van der Waals surface area contributed by atoms with Gasteiger partial charge in [-0.2, -0.15) is 0 Å².